The summed E-state index contributed by atoms with van der Waals surface area (Å²) in [5.41, 5.74) is -1.73. The molecule has 0 aromatic carbocycles. The van der Waals surface area contributed by atoms with Crippen LogP contribution in [0.4, 0.5) is 4.79 Å². The van der Waals surface area contributed by atoms with Crippen LogP contribution in [0.5, 0.6) is 0 Å². The number of urea groups is 1. The number of hydrogen-bond donors (Lipinski definition) is 5. The monoisotopic (exact) mass is 669 g/mol. The largest absolute Gasteiger partial charge is 0.347 e. The van der Waals surface area contributed by atoms with Gasteiger partial charge >= 0.3 is 6.03 Å². The van der Waals surface area contributed by atoms with Crippen LogP contribution in [-0.2, 0) is 29.2 Å². The first kappa shape index (κ1) is 37.7. The third-order valence-corrected chi connectivity index (χ3v) is 12.3. The normalized spacial score (nSPS) is 22.0. The van der Waals surface area contributed by atoms with Crippen molar-refractivity contribution in [1.82, 2.24) is 26.2 Å². The van der Waals surface area contributed by atoms with Crippen molar-refractivity contribution in [1.29, 1.82) is 0 Å². The second-order valence-electron chi connectivity index (χ2n) is 14.7. The number of unbranched alkanes of at least 4 members (excludes halogenated alkanes) is 1. The average Bonchev–Trinajstić information content (AvgIpc) is 3.66. The fourth-order valence-electron chi connectivity index (χ4n) is 6.56. The number of Topliss-reactive ketones (excluding diaryl/α,β-unsaturated/α-hetero) is 1. The molecule has 0 aromatic rings. The number of rotatable bonds is 14. The van der Waals surface area contributed by atoms with Gasteiger partial charge in [-0.3, -0.25) is 19.2 Å². The predicted octanol–water partition coefficient (Wildman–Crippen LogP) is 0.780. The number of likely N-dealkylation sites (tertiary alicyclic amines) is 1. The quantitative estimate of drug-likeness (QED) is 0.170. The van der Waals surface area contributed by atoms with Gasteiger partial charge in [-0.2, -0.15) is 8.42 Å². The van der Waals surface area contributed by atoms with E-state index in [9.17, 15) is 32.4 Å². The van der Waals surface area contributed by atoms with E-state index in [-0.39, 0.29) is 10.3 Å². The number of ketones is 1. The van der Waals surface area contributed by atoms with Crippen molar-refractivity contribution in [2.45, 2.75) is 147 Å². The van der Waals surface area contributed by atoms with Gasteiger partial charge in [0.2, 0.25) is 17.6 Å². The van der Waals surface area contributed by atoms with E-state index < -0.39 is 73.9 Å². The van der Waals surface area contributed by atoms with Crippen LogP contribution in [0.2, 0.25) is 0 Å². The number of quaternary nitrogens is 1. The van der Waals surface area contributed by atoms with Crippen LogP contribution in [0.1, 0.15) is 112 Å². The van der Waals surface area contributed by atoms with Crippen molar-refractivity contribution in [3.05, 3.63) is 0 Å². The van der Waals surface area contributed by atoms with Crippen LogP contribution < -0.4 is 25.6 Å². The Balaban J connectivity index is 1.77. The van der Waals surface area contributed by atoms with E-state index in [4.69, 9.17) is 0 Å². The molecule has 0 unspecified atom stereocenters. The van der Waals surface area contributed by atoms with Gasteiger partial charge in [0.15, 0.2) is 0 Å². The Morgan fingerprint density at radius 2 is 1.59 bits per heavy atom. The van der Waals surface area contributed by atoms with Crippen molar-refractivity contribution in [3.8, 4) is 0 Å². The van der Waals surface area contributed by atoms with Gasteiger partial charge < -0.3 is 26.2 Å². The zero-order valence-corrected chi connectivity index (χ0v) is 29.6. The third kappa shape index (κ3) is 9.20. The van der Waals surface area contributed by atoms with Crippen LogP contribution >= 0.6 is 0 Å². The lowest BCUT2D eigenvalue weighted by molar-refractivity contribution is -0.718. The van der Waals surface area contributed by atoms with Crippen LogP contribution in [-0.4, -0.2) is 98.4 Å². The average molecular weight is 670 g/mol. The van der Waals surface area contributed by atoms with Crippen molar-refractivity contribution >= 4 is 39.6 Å². The Hall–Kier alpha value is -2.74. The molecule has 5 amide bonds. The van der Waals surface area contributed by atoms with E-state index in [1.807, 2.05) is 27.7 Å². The molecule has 3 fully saturated rings. The van der Waals surface area contributed by atoms with E-state index in [1.54, 1.807) is 21.0 Å². The molecule has 2 saturated carbocycles. The zero-order chi connectivity index (χ0) is 34.4. The highest BCUT2D eigenvalue weighted by molar-refractivity contribution is 7.85. The summed E-state index contributed by atoms with van der Waals surface area (Å²) in [7, 11) is -0.489. The summed E-state index contributed by atoms with van der Waals surface area (Å²) < 4.78 is 26.7. The minimum absolute atomic E-state index is 0.00987. The Morgan fingerprint density at radius 1 is 0.957 bits per heavy atom. The molecule has 0 aromatic heterocycles. The first-order valence-corrected chi connectivity index (χ1v) is 18.6. The summed E-state index contributed by atoms with van der Waals surface area (Å²) in [6, 6.07) is -3.48. The molecular weight excluding hydrogens is 612 g/mol. The van der Waals surface area contributed by atoms with Gasteiger partial charge in [-0.1, -0.05) is 59.8 Å². The molecule has 13 nitrogen and oxygen atoms in total. The highest BCUT2D eigenvalue weighted by atomic mass is 32.2. The summed E-state index contributed by atoms with van der Waals surface area (Å²) in [5.74, 6) is -2.31. The molecule has 3 aliphatic rings. The van der Waals surface area contributed by atoms with E-state index in [2.05, 4.69) is 21.3 Å². The topological polar surface area (TPSA) is 175 Å². The van der Waals surface area contributed by atoms with Crippen molar-refractivity contribution in [3.63, 3.8) is 0 Å². The molecule has 4 atom stereocenters. The van der Waals surface area contributed by atoms with Crippen molar-refractivity contribution in [2.75, 3.05) is 20.6 Å². The number of nitrogens with zero attached hydrogens (tertiary/aromatic N) is 1. The Labute approximate surface area is 274 Å². The minimum Gasteiger partial charge on any atom is -0.347 e. The van der Waals surface area contributed by atoms with Gasteiger partial charge in [0.05, 0.1) is 25.7 Å². The standard InChI is InChI=1S/C32H56N6O7S/c1-8-9-14-23(25(39)28(41)33-22-16-17-22)34-27(40)24-15-13-20-38(24)29(42)26(31(3,4)5)35-30(43)36-32(18-11-10-12-19-32)21(2)46(44,45)37(6)7/h21-24,26H,8-20H2,1-7H3,(H,33,41)(H,34,40)(H2,35,36,43)/p+1/t21-,23-,24-,26+/m0/s1. The number of carbonyl (C=O) groups is 5. The highest BCUT2D eigenvalue weighted by Gasteiger charge is 2.49. The second kappa shape index (κ2) is 15.4. The summed E-state index contributed by atoms with van der Waals surface area (Å²) in [6.45, 7) is 9.35. The van der Waals surface area contributed by atoms with E-state index >= 15 is 0 Å². The molecule has 0 spiro atoms. The van der Waals surface area contributed by atoms with Gasteiger partial charge in [0.25, 0.3) is 15.9 Å². The lowest BCUT2D eigenvalue weighted by Crippen LogP contribution is -3.09. The molecular formula is C32H57N6O7S+. The van der Waals surface area contributed by atoms with Crippen molar-refractivity contribution in [2.24, 2.45) is 5.41 Å². The molecule has 14 heteroatoms. The fourth-order valence-corrected chi connectivity index (χ4v) is 8.16. The molecule has 0 radical (unpaired) electrons. The van der Waals surface area contributed by atoms with Crippen LogP contribution in [0.3, 0.4) is 0 Å². The number of amides is 5. The SMILES string of the molecule is CCCC[C@H](NC(=O)[C@@H]1CCCN1C(=O)[C@@H](NC(=O)NC1([C@H](C)S(=O)(=O)[NH+](C)C)CCCCC1)C(C)(C)C)C(=O)C(=O)NC1CC1. The molecule has 0 bridgehead atoms. The summed E-state index contributed by atoms with van der Waals surface area (Å²) >= 11 is 0. The molecule has 1 aliphatic heterocycles. The van der Waals surface area contributed by atoms with Gasteiger partial charge in [-0.05, 0) is 57.3 Å². The number of hydrogen-bond acceptors (Lipinski definition) is 7. The zero-order valence-electron chi connectivity index (χ0n) is 28.8. The maximum atomic E-state index is 14.1. The third-order valence-electron chi connectivity index (χ3n) is 9.76. The fraction of sp³-hybridized carbons (Fsp3) is 0.844. The molecule has 5 N–H and O–H groups in total. The molecule has 262 valence electrons. The smallest absolute Gasteiger partial charge is 0.315 e. The minimum atomic E-state index is -3.61. The van der Waals surface area contributed by atoms with Crippen molar-refractivity contribution < 1.29 is 36.7 Å². The predicted molar refractivity (Wildman–Crippen MR) is 174 cm³/mol. The lowest BCUT2D eigenvalue weighted by atomic mass is 9.79. The molecule has 46 heavy (non-hydrogen) atoms. The first-order valence-electron chi connectivity index (χ1n) is 17.0. The van der Waals surface area contributed by atoms with Gasteiger partial charge in [0, 0.05) is 12.6 Å². The highest BCUT2D eigenvalue weighted by Crippen LogP contribution is 2.34. The number of carbonyl (C=O) groups excluding carboxylic acids is 5. The van der Waals surface area contributed by atoms with E-state index in [0.29, 0.717) is 45.1 Å². The van der Waals surface area contributed by atoms with Crippen LogP contribution in [0.15, 0.2) is 0 Å². The first-order chi connectivity index (χ1) is 21.4. The van der Waals surface area contributed by atoms with Crippen LogP contribution in [0.25, 0.3) is 0 Å². The van der Waals surface area contributed by atoms with Gasteiger partial charge in [0.1, 0.15) is 17.3 Å². The molecule has 1 saturated heterocycles. The Morgan fingerprint density at radius 3 is 2.13 bits per heavy atom. The van der Waals surface area contributed by atoms with E-state index in [0.717, 1.165) is 38.5 Å². The number of nitrogens with one attached hydrogen (secondary N) is 5. The van der Waals surface area contributed by atoms with Gasteiger partial charge in [-0.25, -0.2) is 9.10 Å². The molecule has 1 heterocycles. The van der Waals surface area contributed by atoms with E-state index in [1.165, 1.54) is 4.90 Å². The van der Waals surface area contributed by atoms with Gasteiger partial charge in [-0.15, -0.1) is 0 Å². The van der Waals surface area contributed by atoms with Crippen LogP contribution in [0, 0.1) is 5.41 Å². The molecule has 3 rings (SSSR count). The number of sulfonamides is 1. The maximum Gasteiger partial charge on any atom is 0.315 e. The molecule has 2 aliphatic carbocycles. The maximum absolute atomic E-state index is 14.1. The summed E-state index contributed by atoms with van der Waals surface area (Å²) in [5, 5.41) is 10.5. The Kier molecular flexibility index (Phi) is 12.7. The lowest BCUT2D eigenvalue weighted by Gasteiger charge is -2.43. The second-order valence-corrected chi connectivity index (χ2v) is 17.3. The Bertz CT molecular complexity index is 1240. The summed E-state index contributed by atoms with van der Waals surface area (Å²) in [4.78, 5) is 68.2. The summed E-state index contributed by atoms with van der Waals surface area (Å²) in [6.07, 6.45) is 7.87.